The van der Waals surface area contributed by atoms with E-state index in [0.717, 1.165) is 6.42 Å². The summed E-state index contributed by atoms with van der Waals surface area (Å²) in [7, 11) is 0. The molecule has 0 radical (unpaired) electrons. The highest BCUT2D eigenvalue weighted by Gasteiger charge is 1.99. The Morgan fingerprint density at radius 1 is 1.39 bits per heavy atom. The first-order valence-electron chi connectivity index (χ1n) is 5.89. The van der Waals surface area contributed by atoms with Crippen LogP contribution in [0.5, 0.6) is 0 Å². The first kappa shape index (κ1) is 14.0. The number of aliphatic carboxylic acids is 1. The maximum Gasteiger partial charge on any atom is 0.307 e. The van der Waals surface area contributed by atoms with Crippen molar-refractivity contribution in [2.75, 3.05) is 0 Å². The van der Waals surface area contributed by atoms with Crippen molar-refractivity contribution in [3.63, 3.8) is 0 Å². The van der Waals surface area contributed by atoms with Gasteiger partial charge in [0, 0.05) is 0 Å². The zero-order chi connectivity index (χ0) is 13.4. The maximum absolute atomic E-state index is 10.3. The quantitative estimate of drug-likeness (QED) is 0.609. The Labute approximate surface area is 108 Å². The van der Waals surface area contributed by atoms with E-state index >= 15 is 0 Å². The molecule has 0 atom stereocenters. The second-order valence-electron chi connectivity index (χ2n) is 4.03. The average molecular weight is 242 g/mol. The molecule has 0 spiro atoms. The van der Waals surface area contributed by atoms with Crippen LogP contribution in [0.25, 0.3) is 6.08 Å². The molecule has 1 aromatic carbocycles. The monoisotopic (exact) mass is 242 g/mol. The fourth-order valence-electron chi connectivity index (χ4n) is 1.71. The lowest BCUT2D eigenvalue weighted by atomic mass is 9.99. The Morgan fingerprint density at radius 2 is 2.17 bits per heavy atom. The summed E-state index contributed by atoms with van der Waals surface area (Å²) in [4.78, 5) is 10.3. The van der Waals surface area contributed by atoms with Crippen LogP contribution in [-0.4, -0.2) is 11.1 Å². The van der Waals surface area contributed by atoms with E-state index in [-0.39, 0.29) is 6.42 Å². The molecule has 2 nitrogen and oxygen atoms in total. The predicted octanol–water partition coefficient (Wildman–Crippen LogP) is 3.77. The van der Waals surface area contributed by atoms with Crippen LogP contribution in [0.4, 0.5) is 0 Å². The van der Waals surface area contributed by atoms with Gasteiger partial charge in [0.15, 0.2) is 0 Å². The number of aryl methyl sites for hydroxylation is 1. The van der Waals surface area contributed by atoms with Crippen LogP contribution in [0.1, 0.15) is 23.1 Å². The second-order valence-corrected chi connectivity index (χ2v) is 4.03. The van der Waals surface area contributed by atoms with Gasteiger partial charge in [0.2, 0.25) is 0 Å². The van der Waals surface area contributed by atoms with Crippen molar-refractivity contribution in [2.24, 2.45) is 0 Å². The number of rotatable bonds is 6. The van der Waals surface area contributed by atoms with Crippen LogP contribution in [-0.2, 0) is 11.2 Å². The minimum absolute atomic E-state index is 0.0532. The third kappa shape index (κ3) is 4.42. The Bertz CT molecular complexity index is 482. The summed E-state index contributed by atoms with van der Waals surface area (Å²) >= 11 is 0. The molecule has 1 rings (SSSR count). The van der Waals surface area contributed by atoms with Gasteiger partial charge < -0.3 is 5.11 Å². The summed E-state index contributed by atoms with van der Waals surface area (Å²) in [6.45, 7) is 5.82. The fraction of sp³-hybridized carbons (Fsp3) is 0.188. The van der Waals surface area contributed by atoms with Crippen LogP contribution in [0.15, 0.2) is 49.1 Å². The minimum atomic E-state index is -0.817. The molecule has 94 valence electrons. The van der Waals surface area contributed by atoms with E-state index in [1.54, 1.807) is 12.2 Å². The Kier molecular flexibility index (Phi) is 5.65. The van der Waals surface area contributed by atoms with Crippen LogP contribution in [0, 0.1) is 6.92 Å². The molecule has 0 unspecified atom stereocenters. The van der Waals surface area contributed by atoms with Crippen molar-refractivity contribution in [2.45, 2.75) is 19.8 Å². The Balaban J connectivity index is 2.82. The molecule has 18 heavy (non-hydrogen) atoms. The third-order valence-electron chi connectivity index (χ3n) is 2.58. The molecular weight excluding hydrogens is 224 g/mol. The van der Waals surface area contributed by atoms with Crippen molar-refractivity contribution in [1.82, 2.24) is 0 Å². The van der Waals surface area contributed by atoms with E-state index in [1.807, 2.05) is 24.3 Å². The number of carboxylic acids is 1. The van der Waals surface area contributed by atoms with Crippen LogP contribution in [0.2, 0.25) is 0 Å². The molecule has 0 heterocycles. The minimum Gasteiger partial charge on any atom is -0.481 e. The maximum atomic E-state index is 10.3. The Hall–Kier alpha value is -2.09. The molecule has 0 aliphatic heterocycles. The molecule has 0 fully saturated rings. The van der Waals surface area contributed by atoms with Crippen molar-refractivity contribution >= 4 is 12.0 Å². The second kappa shape index (κ2) is 7.28. The molecule has 1 N–H and O–H groups in total. The molecule has 0 bridgehead atoms. The van der Waals surface area contributed by atoms with E-state index in [1.165, 1.54) is 16.7 Å². The van der Waals surface area contributed by atoms with Gasteiger partial charge in [-0.1, -0.05) is 48.6 Å². The number of hydrogen-bond donors (Lipinski definition) is 1. The zero-order valence-corrected chi connectivity index (χ0v) is 10.6. The van der Waals surface area contributed by atoms with E-state index in [2.05, 4.69) is 25.6 Å². The van der Waals surface area contributed by atoms with E-state index < -0.39 is 5.97 Å². The van der Waals surface area contributed by atoms with E-state index in [9.17, 15) is 4.79 Å². The first-order chi connectivity index (χ1) is 8.65. The average Bonchev–Trinajstić information content (AvgIpc) is 2.32. The summed E-state index contributed by atoms with van der Waals surface area (Å²) in [6, 6.07) is 6.17. The molecule has 2 heteroatoms. The number of hydrogen-bond acceptors (Lipinski definition) is 1. The zero-order valence-electron chi connectivity index (χ0n) is 10.6. The lowest BCUT2D eigenvalue weighted by Crippen LogP contribution is -1.90. The van der Waals surface area contributed by atoms with Crippen molar-refractivity contribution in [3.05, 3.63) is 65.8 Å². The summed E-state index contributed by atoms with van der Waals surface area (Å²) in [5, 5.41) is 8.50. The standard InChI is InChI=1S/C16H18O2/c1-3-8-14-10-7-9-13(2)15(14)11-5-4-6-12-16(17)18/h3-7,9-11H,1,8,12H2,2H3,(H,17,18)/b6-4-,11-5-. The number of carbonyl (C=O) groups is 1. The fourth-order valence-corrected chi connectivity index (χ4v) is 1.71. The highest BCUT2D eigenvalue weighted by molar-refractivity contribution is 5.68. The van der Waals surface area contributed by atoms with Crippen molar-refractivity contribution < 1.29 is 9.90 Å². The highest BCUT2D eigenvalue weighted by atomic mass is 16.4. The van der Waals surface area contributed by atoms with Crippen LogP contribution in [0.3, 0.4) is 0 Å². The summed E-state index contributed by atoms with van der Waals surface area (Å²) in [5.41, 5.74) is 3.61. The van der Waals surface area contributed by atoms with Gasteiger partial charge >= 0.3 is 5.97 Å². The van der Waals surface area contributed by atoms with E-state index in [0.29, 0.717) is 0 Å². The number of carboxylic acid groups (broad SMARTS) is 1. The summed E-state index contributed by atoms with van der Waals surface area (Å²) in [5.74, 6) is -0.817. The van der Waals surface area contributed by atoms with Gasteiger partial charge in [0.25, 0.3) is 0 Å². The lowest BCUT2D eigenvalue weighted by molar-refractivity contribution is -0.135. The van der Waals surface area contributed by atoms with Gasteiger partial charge in [-0.3, -0.25) is 4.79 Å². The molecule has 1 aromatic rings. The van der Waals surface area contributed by atoms with Gasteiger partial charge in [-0.2, -0.15) is 0 Å². The third-order valence-corrected chi connectivity index (χ3v) is 2.58. The first-order valence-corrected chi connectivity index (χ1v) is 5.89. The molecule has 0 amide bonds. The largest absolute Gasteiger partial charge is 0.481 e. The Morgan fingerprint density at radius 3 is 2.83 bits per heavy atom. The molecule has 0 aliphatic carbocycles. The number of allylic oxidation sites excluding steroid dienone is 3. The number of benzene rings is 1. The topological polar surface area (TPSA) is 37.3 Å². The van der Waals surface area contributed by atoms with Gasteiger partial charge in [-0.15, -0.1) is 6.58 Å². The molecule has 0 aliphatic rings. The van der Waals surface area contributed by atoms with Crippen molar-refractivity contribution in [1.29, 1.82) is 0 Å². The lowest BCUT2D eigenvalue weighted by Gasteiger charge is -2.06. The van der Waals surface area contributed by atoms with Crippen LogP contribution < -0.4 is 0 Å². The predicted molar refractivity (Wildman–Crippen MR) is 75.5 cm³/mol. The summed E-state index contributed by atoms with van der Waals surface area (Å²) < 4.78 is 0. The van der Waals surface area contributed by atoms with Gasteiger partial charge in [0.1, 0.15) is 0 Å². The van der Waals surface area contributed by atoms with Gasteiger partial charge in [0.05, 0.1) is 6.42 Å². The van der Waals surface area contributed by atoms with Crippen LogP contribution >= 0.6 is 0 Å². The highest BCUT2D eigenvalue weighted by Crippen LogP contribution is 2.17. The molecule has 0 saturated carbocycles. The molecule has 0 aromatic heterocycles. The molecule has 0 saturated heterocycles. The normalized spacial score (nSPS) is 11.2. The van der Waals surface area contributed by atoms with E-state index in [4.69, 9.17) is 5.11 Å². The van der Waals surface area contributed by atoms with Gasteiger partial charge in [-0.05, 0) is 30.0 Å². The smallest absolute Gasteiger partial charge is 0.307 e. The SMILES string of the molecule is C=CCc1cccc(C)c1/C=C\C=C/CC(=O)O. The van der Waals surface area contributed by atoms with Gasteiger partial charge in [-0.25, -0.2) is 0 Å². The summed E-state index contributed by atoms with van der Waals surface area (Å²) in [6.07, 6.45) is 10.0. The van der Waals surface area contributed by atoms with Crippen molar-refractivity contribution in [3.8, 4) is 0 Å². The molecular formula is C16H18O2.